The molecule has 0 aromatic rings. The van der Waals surface area contributed by atoms with Crippen molar-refractivity contribution >= 4 is 29.4 Å². The SMILES string of the molecule is CCCCCC(=O)N[C@H](C(=O)N[C@@H](CNC(C)=O)C(=O)N[C@@H](CC(C)C)C(=O)[C@]1(C)CO1)C(C)C. The maximum Gasteiger partial charge on any atom is 0.245 e. The number of epoxide rings is 1. The van der Waals surface area contributed by atoms with Crippen LogP contribution in [0.2, 0.25) is 0 Å². The Hall–Kier alpha value is -2.49. The summed E-state index contributed by atoms with van der Waals surface area (Å²) in [5.74, 6) is -2.03. The maximum absolute atomic E-state index is 13.2. The van der Waals surface area contributed by atoms with E-state index in [4.69, 9.17) is 4.74 Å². The first-order chi connectivity index (χ1) is 16.3. The molecule has 1 rings (SSSR count). The third-order valence-electron chi connectivity index (χ3n) is 5.90. The van der Waals surface area contributed by atoms with Crippen molar-refractivity contribution in [2.24, 2.45) is 11.8 Å². The molecule has 35 heavy (non-hydrogen) atoms. The molecule has 0 unspecified atom stereocenters. The molecular formula is C25H44N4O6. The zero-order valence-electron chi connectivity index (χ0n) is 22.3. The third kappa shape index (κ3) is 10.8. The summed E-state index contributed by atoms with van der Waals surface area (Å²) in [4.78, 5) is 62.9. The van der Waals surface area contributed by atoms with Gasteiger partial charge in [0.1, 0.15) is 17.7 Å². The van der Waals surface area contributed by atoms with Gasteiger partial charge in [-0.25, -0.2) is 0 Å². The van der Waals surface area contributed by atoms with Crippen LogP contribution in [0.25, 0.3) is 0 Å². The van der Waals surface area contributed by atoms with Crippen molar-refractivity contribution in [2.45, 2.75) is 104 Å². The second kappa shape index (κ2) is 14.2. The van der Waals surface area contributed by atoms with Gasteiger partial charge in [0, 0.05) is 19.9 Å². The molecule has 0 saturated carbocycles. The monoisotopic (exact) mass is 496 g/mol. The number of rotatable bonds is 16. The van der Waals surface area contributed by atoms with Crippen LogP contribution in [-0.4, -0.2) is 66.3 Å². The van der Waals surface area contributed by atoms with Crippen molar-refractivity contribution in [3.05, 3.63) is 0 Å². The number of nitrogens with one attached hydrogen (secondary N) is 4. The minimum atomic E-state index is -1.12. The molecule has 1 heterocycles. The number of carbonyl (C=O) groups excluding carboxylic acids is 5. The maximum atomic E-state index is 13.2. The van der Waals surface area contributed by atoms with Gasteiger partial charge in [0.25, 0.3) is 0 Å². The fourth-order valence-electron chi connectivity index (χ4n) is 3.63. The highest BCUT2D eigenvalue weighted by atomic mass is 16.6. The Morgan fingerprint density at radius 2 is 1.51 bits per heavy atom. The van der Waals surface area contributed by atoms with E-state index in [0.717, 1.165) is 19.3 Å². The van der Waals surface area contributed by atoms with Crippen LogP contribution in [-0.2, 0) is 28.7 Å². The van der Waals surface area contributed by atoms with Crippen LogP contribution < -0.4 is 21.3 Å². The minimum Gasteiger partial charge on any atom is -0.361 e. The lowest BCUT2D eigenvalue weighted by atomic mass is 9.93. The average molecular weight is 497 g/mol. The Morgan fingerprint density at radius 1 is 0.914 bits per heavy atom. The van der Waals surface area contributed by atoms with Crippen LogP contribution in [0, 0.1) is 11.8 Å². The summed E-state index contributed by atoms with van der Waals surface area (Å²) in [5.41, 5.74) is -0.909. The van der Waals surface area contributed by atoms with Gasteiger partial charge in [-0.05, 0) is 31.6 Å². The van der Waals surface area contributed by atoms with Crippen molar-refractivity contribution < 1.29 is 28.7 Å². The third-order valence-corrected chi connectivity index (χ3v) is 5.90. The van der Waals surface area contributed by atoms with Gasteiger partial charge in [0.15, 0.2) is 5.78 Å². The van der Waals surface area contributed by atoms with E-state index in [0.29, 0.717) is 19.4 Å². The van der Waals surface area contributed by atoms with Crippen molar-refractivity contribution in [2.75, 3.05) is 13.2 Å². The van der Waals surface area contributed by atoms with Gasteiger partial charge in [0.05, 0.1) is 12.6 Å². The van der Waals surface area contributed by atoms with Crippen LogP contribution in [0.3, 0.4) is 0 Å². The first-order valence-electron chi connectivity index (χ1n) is 12.6. The van der Waals surface area contributed by atoms with Gasteiger partial charge in [-0.2, -0.15) is 0 Å². The second-order valence-corrected chi connectivity index (χ2v) is 10.3. The van der Waals surface area contributed by atoms with Gasteiger partial charge in [0.2, 0.25) is 23.6 Å². The van der Waals surface area contributed by atoms with E-state index >= 15 is 0 Å². The molecule has 0 aliphatic carbocycles. The fourth-order valence-corrected chi connectivity index (χ4v) is 3.63. The Labute approximate surface area is 209 Å². The first-order valence-corrected chi connectivity index (χ1v) is 12.6. The molecule has 1 fully saturated rings. The van der Waals surface area contributed by atoms with E-state index in [2.05, 4.69) is 21.3 Å². The fraction of sp³-hybridized carbons (Fsp3) is 0.800. The van der Waals surface area contributed by atoms with Gasteiger partial charge >= 0.3 is 0 Å². The molecule has 0 aromatic carbocycles. The minimum absolute atomic E-state index is 0.128. The van der Waals surface area contributed by atoms with Gasteiger partial charge in [-0.1, -0.05) is 47.5 Å². The summed E-state index contributed by atoms with van der Waals surface area (Å²) in [5, 5.41) is 10.7. The highest BCUT2D eigenvalue weighted by Crippen LogP contribution is 2.29. The smallest absolute Gasteiger partial charge is 0.245 e. The summed E-state index contributed by atoms with van der Waals surface area (Å²) < 4.78 is 5.27. The van der Waals surface area contributed by atoms with Crippen molar-refractivity contribution in [3.8, 4) is 0 Å². The van der Waals surface area contributed by atoms with E-state index in [1.165, 1.54) is 6.92 Å². The van der Waals surface area contributed by atoms with Crippen molar-refractivity contribution in [3.63, 3.8) is 0 Å². The summed E-state index contributed by atoms with van der Waals surface area (Å²) in [6.45, 7) is 12.7. The van der Waals surface area contributed by atoms with Crippen LogP contribution in [0.4, 0.5) is 0 Å². The molecule has 1 aliphatic rings. The van der Waals surface area contributed by atoms with Crippen LogP contribution in [0.15, 0.2) is 0 Å². The molecule has 0 aromatic heterocycles. The molecule has 4 atom stereocenters. The summed E-state index contributed by atoms with van der Waals surface area (Å²) in [6.07, 6.45) is 3.36. The highest BCUT2D eigenvalue weighted by molar-refractivity contribution is 5.98. The Balaban J connectivity index is 2.95. The molecule has 0 bridgehead atoms. The second-order valence-electron chi connectivity index (χ2n) is 10.3. The lowest BCUT2D eigenvalue weighted by Crippen LogP contribution is -2.60. The predicted molar refractivity (Wildman–Crippen MR) is 132 cm³/mol. The van der Waals surface area contributed by atoms with Crippen molar-refractivity contribution in [1.82, 2.24) is 21.3 Å². The Bertz CT molecular complexity index is 763. The first kappa shape index (κ1) is 30.5. The molecule has 0 spiro atoms. The number of hydrogen-bond acceptors (Lipinski definition) is 6. The number of unbranched alkanes of at least 4 members (excludes halogenated alkanes) is 2. The molecule has 1 aliphatic heterocycles. The van der Waals surface area contributed by atoms with Gasteiger partial charge < -0.3 is 26.0 Å². The van der Waals surface area contributed by atoms with Gasteiger partial charge in [-0.3, -0.25) is 24.0 Å². The molecule has 1 saturated heterocycles. The summed E-state index contributed by atoms with van der Waals surface area (Å²) in [7, 11) is 0. The lowest BCUT2D eigenvalue weighted by molar-refractivity contribution is -0.135. The number of hydrogen-bond donors (Lipinski definition) is 4. The van der Waals surface area contributed by atoms with E-state index in [1.807, 2.05) is 20.8 Å². The number of carbonyl (C=O) groups is 5. The molecule has 4 amide bonds. The number of Topliss-reactive ketones (excluding diaryl/α,β-unsaturated/α-hetero) is 1. The zero-order valence-corrected chi connectivity index (χ0v) is 22.3. The van der Waals surface area contributed by atoms with E-state index in [-0.39, 0.29) is 36.0 Å². The van der Waals surface area contributed by atoms with Crippen LogP contribution in [0.1, 0.15) is 80.6 Å². The van der Waals surface area contributed by atoms with Gasteiger partial charge in [-0.15, -0.1) is 0 Å². The van der Waals surface area contributed by atoms with E-state index in [9.17, 15) is 24.0 Å². The quantitative estimate of drug-likeness (QED) is 0.187. The van der Waals surface area contributed by atoms with E-state index in [1.54, 1.807) is 20.8 Å². The normalized spacial score (nSPS) is 19.5. The summed E-state index contributed by atoms with van der Waals surface area (Å²) in [6, 6.07) is -2.76. The Morgan fingerprint density at radius 3 is 2.00 bits per heavy atom. The lowest BCUT2D eigenvalue weighted by Gasteiger charge is -2.27. The molecule has 4 N–H and O–H groups in total. The van der Waals surface area contributed by atoms with E-state index < -0.39 is 35.5 Å². The Kier molecular flexibility index (Phi) is 12.4. The largest absolute Gasteiger partial charge is 0.361 e. The number of amides is 4. The van der Waals surface area contributed by atoms with Crippen LogP contribution >= 0.6 is 0 Å². The molecule has 10 heteroatoms. The number of ether oxygens (including phenoxy) is 1. The molecule has 0 radical (unpaired) electrons. The van der Waals surface area contributed by atoms with Crippen LogP contribution in [0.5, 0.6) is 0 Å². The standard InChI is InChI=1S/C25H44N4O6/c1-8-9-10-11-20(31)29-21(16(4)5)24(34)28-19(13-26-17(6)30)23(33)27-18(12-15(2)3)22(32)25(7)14-35-25/h15-16,18-19,21H,8-14H2,1-7H3,(H,26,30)(H,27,33)(H,28,34)(H,29,31)/t18-,19-,21-,25-/m0/s1. The molecule has 200 valence electrons. The predicted octanol–water partition coefficient (Wildman–Crippen LogP) is 1.22. The molecular weight excluding hydrogens is 452 g/mol. The highest BCUT2D eigenvalue weighted by Gasteiger charge is 2.50. The van der Waals surface area contributed by atoms with Crippen molar-refractivity contribution in [1.29, 1.82) is 0 Å². The zero-order chi connectivity index (χ0) is 26.8. The number of ketones is 1. The molecule has 10 nitrogen and oxygen atoms in total. The average Bonchev–Trinajstić information content (AvgIpc) is 3.51. The summed E-state index contributed by atoms with van der Waals surface area (Å²) >= 11 is 0. The topological polar surface area (TPSA) is 146 Å².